The number of hydrogen-bond donors (Lipinski definition) is 0. The molecule has 0 atom stereocenters. The van der Waals surface area contributed by atoms with Crippen LogP contribution in [0.4, 0.5) is 13.2 Å². The third-order valence-corrected chi connectivity index (χ3v) is 5.82. The van der Waals surface area contributed by atoms with Gasteiger partial charge in [0.2, 0.25) is 10.0 Å². The smallest absolute Gasteiger partial charge is 0.207 e. The van der Waals surface area contributed by atoms with Crippen LogP contribution in [-0.4, -0.2) is 25.8 Å². The van der Waals surface area contributed by atoms with Gasteiger partial charge >= 0.3 is 0 Å². The van der Waals surface area contributed by atoms with Crippen molar-refractivity contribution in [3.05, 3.63) is 71.6 Å². The normalized spacial score (nSPS) is 16.0. The predicted molar refractivity (Wildman–Crippen MR) is 84.1 cm³/mol. The molecule has 2 aromatic rings. The summed E-state index contributed by atoms with van der Waals surface area (Å²) in [6.45, 7) is 0.187. The Kier molecular flexibility index (Phi) is 4.47. The highest BCUT2D eigenvalue weighted by atomic mass is 32.2. The number of rotatable bonds is 3. The summed E-state index contributed by atoms with van der Waals surface area (Å²) < 4.78 is 66.2. The van der Waals surface area contributed by atoms with E-state index >= 15 is 0 Å². The Labute approximate surface area is 138 Å². The lowest BCUT2D eigenvalue weighted by Gasteiger charge is -2.26. The standard InChI is InChI=1S/C17H14F3NO2S/c18-14-6-7-15(17(20)16(14)19)24(22,23)21-10-8-13(9-11-21)12-4-2-1-3-5-12/h1-8H,9-11H2. The van der Waals surface area contributed by atoms with Gasteiger partial charge in [-0.15, -0.1) is 0 Å². The van der Waals surface area contributed by atoms with E-state index in [1.807, 2.05) is 30.3 Å². The molecule has 0 spiro atoms. The molecule has 1 aliphatic rings. The van der Waals surface area contributed by atoms with Gasteiger partial charge in [-0.3, -0.25) is 0 Å². The lowest BCUT2D eigenvalue weighted by atomic mass is 10.0. The summed E-state index contributed by atoms with van der Waals surface area (Å²) in [5.74, 6) is -4.89. The minimum Gasteiger partial charge on any atom is -0.207 e. The van der Waals surface area contributed by atoms with E-state index in [1.54, 1.807) is 6.08 Å². The summed E-state index contributed by atoms with van der Waals surface area (Å²) in [6, 6.07) is 10.9. The maximum Gasteiger partial charge on any atom is 0.246 e. The van der Waals surface area contributed by atoms with Crippen molar-refractivity contribution in [3.63, 3.8) is 0 Å². The van der Waals surface area contributed by atoms with E-state index in [1.165, 1.54) is 0 Å². The first-order valence-corrected chi connectivity index (χ1v) is 8.73. The molecule has 0 bridgehead atoms. The predicted octanol–water partition coefficient (Wildman–Crippen LogP) is 3.58. The van der Waals surface area contributed by atoms with Crippen LogP contribution in [0, 0.1) is 17.5 Å². The van der Waals surface area contributed by atoms with Gasteiger partial charge in [-0.1, -0.05) is 36.4 Å². The van der Waals surface area contributed by atoms with E-state index in [2.05, 4.69) is 0 Å². The second-order valence-electron chi connectivity index (χ2n) is 5.38. The molecule has 0 radical (unpaired) electrons. The largest absolute Gasteiger partial charge is 0.246 e. The molecule has 1 aliphatic heterocycles. The van der Waals surface area contributed by atoms with Gasteiger partial charge in [0.25, 0.3) is 0 Å². The van der Waals surface area contributed by atoms with Gasteiger partial charge < -0.3 is 0 Å². The molecule has 3 nitrogen and oxygen atoms in total. The molecule has 7 heteroatoms. The zero-order valence-corrected chi connectivity index (χ0v) is 13.4. The van der Waals surface area contributed by atoms with Crippen molar-refractivity contribution in [2.75, 3.05) is 13.1 Å². The van der Waals surface area contributed by atoms with Crippen LogP contribution in [0.15, 0.2) is 53.4 Å². The maximum absolute atomic E-state index is 13.8. The van der Waals surface area contributed by atoms with Crippen molar-refractivity contribution in [2.24, 2.45) is 0 Å². The van der Waals surface area contributed by atoms with Crippen LogP contribution in [0.1, 0.15) is 12.0 Å². The summed E-state index contributed by atoms with van der Waals surface area (Å²) in [5, 5.41) is 0. The highest BCUT2D eigenvalue weighted by molar-refractivity contribution is 7.89. The zero-order valence-electron chi connectivity index (χ0n) is 12.5. The Hall–Kier alpha value is -2.12. The van der Waals surface area contributed by atoms with E-state index < -0.39 is 32.4 Å². The Morgan fingerprint density at radius 2 is 1.62 bits per heavy atom. The van der Waals surface area contributed by atoms with Crippen LogP contribution < -0.4 is 0 Å². The molecule has 1 heterocycles. The van der Waals surface area contributed by atoms with Crippen LogP contribution in [0.5, 0.6) is 0 Å². The molecule has 3 rings (SSSR count). The number of benzene rings is 2. The van der Waals surface area contributed by atoms with Crippen LogP contribution in [0.3, 0.4) is 0 Å². The molecule has 0 amide bonds. The summed E-state index contributed by atoms with van der Waals surface area (Å²) in [6.07, 6.45) is 2.20. The fourth-order valence-electron chi connectivity index (χ4n) is 2.63. The number of nitrogens with zero attached hydrogens (tertiary/aromatic N) is 1. The topological polar surface area (TPSA) is 37.4 Å². The van der Waals surface area contributed by atoms with Gasteiger partial charge in [0.15, 0.2) is 17.5 Å². The minimum atomic E-state index is -4.23. The van der Waals surface area contributed by atoms with Crippen molar-refractivity contribution in [3.8, 4) is 0 Å². The second-order valence-corrected chi connectivity index (χ2v) is 7.29. The molecule has 0 fully saturated rings. The average molecular weight is 353 g/mol. The van der Waals surface area contributed by atoms with Gasteiger partial charge in [0.1, 0.15) is 4.90 Å². The molecule has 0 saturated heterocycles. The Morgan fingerprint density at radius 3 is 2.25 bits per heavy atom. The van der Waals surface area contributed by atoms with Crippen molar-refractivity contribution in [1.29, 1.82) is 0 Å². The SMILES string of the molecule is O=S(=O)(c1ccc(F)c(F)c1F)N1CC=C(c2ccccc2)CC1. The molecule has 0 aliphatic carbocycles. The molecular formula is C17H14F3NO2S. The van der Waals surface area contributed by atoms with Gasteiger partial charge in [-0.2, -0.15) is 4.31 Å². The Balaban J connectivity index is 1.88. The Bertz CT molecular complexity index is 896. The van der Waals surface area contributed by atoms with E-state index in [9.17, 15) is 21.6 Å². The molecule has 0 aromatic heterocycles. The molecule has 126 valence electrons. The van der Waals surface area contributed by atoms with Gasteiger partial charge in [-0.05, 0) is 29.7 Å². The van der Waals surface area contributed by atoms with Crippen molar-refractivity contribution in [1.82, 2.24) is 4.31 Å². The minimum absolute atomic E-state index is 0.0466. The summed E-state index contributed by atoms with van der Waals surface area (Å²) in [5.41, 5.74) is 1.99. The zero-order chi connectivity index (χ0) is 17.3. The molecule has 24 heavy (non-hydrogen) atoms. The Morgan fingerprint density at radius 1 is 0.917 bits per heavy atom. The van der Waals surface area contributed by atoms with E-state index in [-0.39, 0.29) is 13.1 Å². The van der Waals surface area contributed by atoms with E-state index in [0.29, 0.717) is 12.5 Å². The molecule has 2 aromatic carbocycles. The highest BCUT2D eigenvalue weighted by Gasteiger charge is 2.31. The van der Waals surface area contributed by atoms with E-state index in [0.717, 1.165) is 21.5 Å². The average Bonchev–Trinajstić information content (AvgIpc) is 2.60. The summed E-state index contributed by atoms with van der Waals surface area (Å²) >= 11 is 0. The fraction of sp³-hybridized carbons (Fsp3) is 0.176. The van der Waals surface area contributed by atoms with E-state index in [4.69, 9.17) is 0 Å². The van der Waals surface area contributed by atoms with Gasteiger partial charge in [0, 0.05) is 13.1 Å². The maximum atomic E-state index is 13.8. The van der Waals surface area contributed by atoms with Gasteiger partial charge in [0.05, 0.1) is 0 Å². The van der Waals surface area contributed by atoms with Gasteiger partial charge in [-0.25, -0.2) is 21.6 Å². The lowest BCUT2D eigenvalue weighted by Crippen LogP contribution is -2.35. The van der Waals surface area contributed by atoms with Crippen LogP contribution in [0.2, 0.25) is 0 Å². The summed E-state index contributed by atoms with van der Waals surface area (Å²) in [7, 11) is -4.23. The second kappa shape index (κ2) is 6.41. The molecular weight excluding hydrogens is 339 g/mol. The third kappa shape index (κ3) is 2.97. The lowest BCUT2D eigenvalue weighted by molar-refractivity contribution is 0.414. The third-order valence-electron chi connectivity index (χ3n) is 3.93. The first-order valence-electron chi connectivity index (χ1n) is 7.29. The van der Waals surface area contributed by atoms with Crippen molar-refractivity contribution < 1.29 is 21.6 Å². The van der Waals surface area contributed by atoms with Crippen LogP contribution in [-0.2, 0) is 10.0 Å². The van der Waals surface area contributed by atoms with Crippen LogP contribution in [0.25, 0.3) is 5.57 Å². The summed E-state index contributed by atoms with van der Waals surface area (Å²) in [4.78, 5) is -0.849. The number of sulfonamides is 1. The first-order chi connectivity index (χ1) is 11.4. The monoisotopic (exact) mass is 353 g/mol. The highest BCUT2D eigenvalue weighted by Crippen LogP contribution is 2.28. The fourth-order valence-corrected chi connectivity index (χ4v) is 4.07. The number of hydrogen-bond acceptors (Lipinski definition) is 2. The van der Waals surface area contributed by atoms with Crippen molar-refractivity contribution >= 4 is 15.6 Å². The molecule has 0 unspecified atom stereocenters. The van der Waals surface area contributed by atoms with Crippen LogP contribution >= 0.6 is 0 Å². The molecule has 0 saturated carbocycles. The molecule has 0 N–H and O–H groups in total. The first kappa shape index (κ1) is 16.7. The number of halogens is 3. The van der Waals surface area contributed by atoms with Crippen molar-refractivity contribution in [2.45, 2.75) is 11.3 Å². The quantitative estimate of drug-likeness (QED) is 0.791.